The van der Waals surface area contributed by atoms with Crippen LogP contribution in [0, 0.1) is 6.92 Å². The Morgan fingerprint density at radius 2 is 1.79 bits per heavy atom. The molecule has 1 aromatic heterocycles. The van der Waals surface area contributed by atoms with Crippen LogP contribution in [-0.4, -0.2) is 15.9 Å². The van der Waals surface area contributed by atoms with Crippen molar-refractivity contribution in [3.63, 3.8) is 0 Å². The van der Waals surface area contributed by atoms with Gasteiger partial charge in [0.05, 0.1) is 10.6 Å². The zero-order valence-corrected chi connectivity index (χ0v) is 16.8. The number of hydrogen-bond donors (Lipinski definition) is 4. The summed E-state index contributed by atoms with van der Waals surface area (Å²) in [6.45, 7) is 1.87. The Labute approximate surface area is 176 Å². The normalized spacial score (nSPS) is 10.4. The molecule has 10 heteroatoms. The predicted octanol–water partition coefficient (Wildman–Crippen LogP) is 4.83. The summed E-state index contributed by atoms with van der Waals surface area (Å²) < 4.78 is 0. The zero-order valence-electron chi connectivity index (χ0n) is 14.6. The number of benzene rings is 2. The number of rotatable bonds is 5. The molecule has 0 spiro atoms. The monoisotopic (exact) mass is 436 g/mol. The average molecular weight is 438 g/mol. The van der Waals surface area contributed by atoms with Crippen LogP contribution in [0.4, 0.5) is 23.0 Å². The quantitative estimate of drug-likeness (QED) is 0.426. The van der Waals surface area contributed by atoms with Crippen molar-refractivity contribution in [1.29, 1.82) is 0 Å². The van der Waals surface area contributed by atoms with Crippen molar-refractivity contribution in [2.45, 2.75) is 6.92 Å². The van der Waals surface area contributed by atoms with Gasteiger partial charge < -0.3 is 11.1 Å². The summed E-state index contributed by atoms with van der Waals surface area (Å²) in [5.74, 6) is 0.108. The van der Waals surface area contributed by atoms with Crippen molar-refractivity contribution in [2.75, 3.05) is 16.5 Å². The fourth-order valence-corrected chi connectivity index (χ4v) is 2.99. The molecule has 0 radical (unpaired) electrons. The first-order valence-corrected chi connectivity index (χ1v) is 9.14. The van der Waals surface area contributed by atoms with Gasteiger partial charge in [0.15, 0.2) is 11.6 Å². The van der Waals surface area contributed by atoms with Crippen LogP contribution in [0.25, 0.3) is 0 Å². The van der Waals surface area contributed by atoms with Gasteiger partial charge in [-0.05, 0) is 42.8 Å². The van der Waals surface area contributed by atoms with E-state index in [-0.39, 0.29) is 22.1 Å². The Balaban J connectivity index is 1.76. The molecule has 0 aliphatic heterocycles. The van der Waals surface area contributed by atoms with Crippen LogP contribution in [0.15, 0.2) is 42.7 Å². The minimum atomic E-state index is -0.472. The van der Waals surface area contributed by atoms with Crippen molar-refractivity contribution in [1.82, 2.24) is 15.4 Å². The molecule has 7 nitrogen and oxygen atoms in total. The zero-order chi connectivity index (χ0) is 20.3. The van der Waals surface area contributed by atoms with E-state index in [9.17, 15) is 4.79 Å². The summed E-state index contributed by atoms with van der Waals surface area (Å²) in [6.07, 6.45) is 1.31. The van der Waals surface area contributed by atoms with Crippen LogP contribution in [0.2, 0.25) is 15.1 Å². The summed E-state index contributed by atoms with van der Waals surface area (Å²) in [6, 6.07) is 10.0. The maximum absolute atomic E-state index is 12.3. The molecule has 1 heterocycles. The third-order valence-electron chi connectivity index (χ3n) is 3.87. The Morgan fingerprint density at radius 1 is 1.04 bits per heavy atom. The number of anilines is 4. The predicted molar refractivity (Wildman–Crippen MR) is 113 cm³/mol. The van der Waals surface area contributed by atoms with E-state index in [0.717, 1.165) is 11.3 Å². The van der Waals surface area contributed by atoms with Gasteiger partial charge in [-0.3, -0.25) is 15.6 Å². The number of nitrogen functional groups attached to an aromatic ring is 1. The number of nitrogens with one attached hydrogen (secondary N) is 3. The van der Waals surface area contributed by atoms with Crippen LogP contribution in [0.1, 0.15) is 15.9 Å². The molecule has 0 unspecified atom stereocenters. The Hall–Kier alpha value is -2.74. The van der Waals surface area contributed by atoms with E-state index in [4.69, 9.17) is 40.5 Å². The molecule has 0 atom stereocenters. The molecule has 3 rings (SSSR count). The van der Waals surface area contributed by atoms with Gasteiger partial charge in [-0.25, -0.2) is 9.97 Å². The lowest BCUT2D eigenvalue weighted by Gasteiger charge is -2.15. The van der Waals surface area contributed by atoms with Gasteiger partial charge in [0.25, 0.3) is 5.91 Å². The molecule has 5 N–H and O–H groups in total. The molecule has 1 amide bonds. The largest absolute Gasteiger partial charge is 0.393 e. The van der Waals surface area contributed by atoms with E-state index in [1.165, 1.54) is 18.5 Å². The number of nitrogens with zero attached hydrogens (tertiary/aromatic N) is 2. The van der Waals surface area contributed by atoms with Gasteiger partial charge in [-0.1, -0.05) is 40.9 Å². The number of hydrogen-bond acceptors (Lipinski definition) is 6. The highest BCUT2D eigenvalue weighted by molar-refractivity contribution is 6.36. The number of carbonyl (C=O) groups is 1. The van der Waals surface area contributed by atoms with Gasteiger partial charge in [0, 0.05) is 15.7 Å². The number of nitrogens with two attached hydrogens (primary N) is 1. The summed E-state index contributed by atoms with van der Waals surface area (Å²) in [4.78, 5) is 20.5. The summed E-state index contributed by atoms with van der Waals surface area (Å²) in [5, 5.41) is 4.38. The Kier molecular flexibility index (Phi) is 6.08. The molecule has 0 fully saturated rings. The minimum absolute atomic E-state index is 0.212. The van der Waals surface area contributed by atoms with E-state index in [2.05, 4.69) is 26.1 Å². The molecule has 0 saturated heterocycles. The summed E-state index contributed by atoms with van der Waals surface area (Å²) in [7, 11) is 0. The molecule has 3 aromatic rings. The van der Waals surface area contributed by atoms with Gasteiger partial charge in [0.2, 0.25) is 0 Å². The molecule has 0 bridgehead atoms. The second kappa shape index (κ2) is 8.52. The van der Waals surface area contributed by atoms with Crippen LogP contribution in [0.5, 0.6) is 0 Å². The second-order valence-electron chi connectivity index (χ2n) is 5.73. The molecule has 2 aromatic carbocycles. The number of aromatic nitrogens is 2. The van der Waals surface area contributed by atoms with Crippen LogP contribution < -0.4 is 21.9 Å². The van der Waals surface area contributed by atoms with Crippen LogP contribution in [-0.2, 0) is 0 Å². The van der Waals surface area contributed by atoms with Gasteiger partial charge in [-0.15, -0.1) is 0 Å². The summed E-state index contributed by atoms with van der Waals surface area (Å²) in [5.41, 5.74) is 13.3. The number of hydrazine groups is 1. The smallest absolute Gasteiger partial charge is 0.271 e. The Morgan fingerprint density at radius 3 is 2.54 bits per heavy atom. The van der Waals surface area contributed by atoms with Crippen molar-refractivity contribution < 1.29 is 4.79 Å². The lowest BCUT2D eigenvalue weighted by molar-refractivity contribution is 0.0962. The number of amides is 1. The number of halogens is 3. The SMILES string of the molecule is Cc1c(Cl)cccc1Nc1ncnc(NNC(=O)c2ccc(Cl)cc2Cl)c1N. The highest BCUT2D eigenvalue weighted by Crippen LogP contribution is 2.29. The van der Waals surface area contributed by atoms with E-state index in [0.29, 0.717) is 15.9 Å². The maximum atomic E-state index is 12.3. The molecule has 144 valence electrons. The van der Waals surface area contributed by atoms with Crippen molar-refractivity contribution in [3.05, 3.63) is 68.9 Å². The molecule has 0 aliphatic carbocycles. The first-order valence-electron chi connectivity index (χ1n) is 8.01. The number of carbonyl (C=O) groups excluding carboxylic acids is 1. The molecule has 28 heavy (non-hydrogen) atoms. The third-order valence-corrected chi connectivity index (χ3v) is 4.83. The first-order chi connectivity index (χ1) is 13.4. The second-order valence-corrected chi connectivity index (χ2v) is 6.98. The minimum Gasteiger partial charge on any atom is -0.393 e. The van der Waals surface area contributed by atoms with Crippen LogP contribution in [0.3, 0.4) is 0 Å². The lowest BCUT2D eigenvalue weighted by Crippen LogP contribution is -2.30. The summed E-state index contributed by atoms with van der Waals surface area (Å²) >= 11 is 18.0. The van der Waals surface area contributed by atoms with E-state index >= 15 is 0 Å². The van der Waals surface area contributed by atoms with Gasteiger partial charge in [0.1, 0.15) is 12.0 Å². The highest BCUT2D eigenvalue weighted by Gasteiger charge is 2.13. The fourth-order valence-electron chi connectivity index (χ4n) is 2.32. The maximum Gasteiger partial charge on any atom is 0.271 e. The fraction of sp³-hybridized carbons (Fsp3) is 0.0556. The molecule has 0 aliphatic rings. The molecular weight excluding hydrogens is 423 g/mol. The lowest BCUT2D eigenvalue weighted by atomic mass is 10.2. The van der Waals surface area contributed by atoms with E-state index < -0.39 is 5.91 Å². The van der Waals surface area contributed by atoms with E-state index in [1.54, 1.807) is 12.1 Å². The standard InChI is InChI=1S/C18H15Cl3N6O/c1-9-12(20)3-2-4-14(9)25-16-15(22)17(24-8-23-16)26-27-18(28)11-6-5-10(19)7-13(11)21/h2-8H,22H2,1H3,(H,27,28)(H2,23,24,25,26). The van der Waals surface area contributed by atoms with Crippen molar-refractivity contribution >= 4 is 63.7 Å². The van der Waals surface area contributed by atoms with Crippen LogP contribution >= 0.6 is 34.8 Å². The van der Waals surface area contributed by atoms with E-state index in [1.807, 2.05) is 19.1 Å². The first kappa shape index (κ1) is 20.0. The molecular formula is C18H15Cl3N6O. The van der Waals surface area contributed by atoms with Gasteiger partial charge in [-0.2, -0.15) is 0 Å². The topological polar surface area (TPSA) is 105 Å². The highest BCUT2D eigenvalue weighted by atomic mass is 35.5. The average Bonchev–Trinajstić information content (AvgIpc) is 2.65. The van der Waals surface area contributed by atoms with Crippen molar-refractivity contribution in [3.8, 4) is 0 Å². The third kappa shape index (κ3) is 4.39. The molecule has 0 saturated carbocycles. The van der Waals surface area contributed by atoms with Crippen molar-refractivity contribution in [2.24, 2.45) is 0 Å². The Bertz CT molecular complexity index is 1040. The van der Waals surface area contributed by atoms with Gasteiger partial charge >= 0.3 is 0 Å².